The average Bonchev–Trinajstić information content (AvgIpc) is 2.81. The number of aliphatic hydroxyl groups excluding tert-OH is 1. The summed E-state index contributed by atoms with van der Waals surface area (Å²) in [5.74, 6) is -0.835. The molecule has 2 aliphatic heterocycles. The number of nitrogens with one attached hydrogen (secondary N) is 3. The van der Waals surface area contributed by atoms with Crippen LogP contribution in [0.1, 0.15) is 37.7 Å². The summed E-state index contributed by atoms with van der Waals surface area (Å²) in [5.41, 5.74) is 6.21. The molecule has 3 rings (SSSR count). The highest BCUT2D eigenvalue weighted by Crippen LogP contribution is 2.21. The third-order valence-electron chi connectivity index (χ3n) is 6.45. The molecule has 0 aromatic heterocycles. The maximum atomic E-state index is 12.9. The van der Waals surface area contributed by atoms with Crippen LogP contribution in [-0.4, -0.2) is 86.0 Å². The number of amides is 2. The molecule has 35 heavy (non-hydrogen) atoms. The molecule has 2 heterocycles. The molecule has 2 aliphatic rings. The van der Waals surface area contributed by atoms with Crippen LogP contribution in [-0.2, 0) is 25.4 Å². The van der Waals surface area contributed by atoms with Crippen molar-refractivity contribution in [3.8, 4) is 0 Å². The number of likely N-dealkylation sites (tertiary alicyclic amines) is 2. The molecule has 1 unspecified atom stereocenters. The normalized spacial score (nSPS) is 22.0. The van der Waals surface area contributed by atoms with E-state index in [1.807, 2.05) is 0 Å². The van der Waals surface area contributed by atoms with Crippen molar-refractivity contribution in [1.82, 2.24) is 19.8 Å². The average molecular weight is 509 g/mol. The molecule has 2 saturated heterocycles. The van der Waals surface area contributed by atoms with E-state index in [-0.39, 0.29) is 30.8 Å². The summed E-state index contributed by atoms with van der Waals surface area (Å²) in [5, 5.41) is 20.2. The van der Waals surface area contributed by atoms with Crippen molar-refractivity contribution in [2.75, 3.05) is 32.8 Å². The highest BCUT2D eigenvalue weighted by molar-refractivity contribution is 7.88. The van der Waals surface area contributed by atoms with Gasteiger partial charge in [0.15, 0.2) is 5.96 Å². The van der Waals surface area contributed by atoms with Crippen LogP contribution in [0.3, 0.4) is 0 Å². The number of carbonyl (C=O) groups excluding carboxylic acids is 2. The zero-order valence-corrected chi connectivity index (χ0v) is 20.7. The minimum atomic E-state index is -3.73. The summed E-state index contributed by atoms with van der Waals surface area (Å²) in [7, 11) is -3.73. The van der Waals surface area contributed by atoms with Gasteiger partial charge in [-0.25, -0.2) is 13.1 Å². The molecule has 1 aromatic carbocycles. The highest BCUT2D eigenvalue weighted by Gasteiger charge is 2.33. The van der Waals surface area contributed by atoms with Gasteiger partial charge in [0.2, 0.25) is 21.8 Å². The number of guanidine groups is 1. The molecule has 0 aliphatic carbocycles. The quantitative estimate of drug-likeness (QED) is 0.211. The SMILES string of the molecule is N=C(N)N1CCCC(C[C@@H](CO)NC(=O)CN2CCC[C@H](NS(=O)(=O)Cc3ccccc3)C2=O)C1. The van der Waals surface area contributed by atoms with Crippen LogP contribution >= 0.6 is 0 Å². The van der Waals surface area contributed by atoms with Gasteiger partial charge in [-0.1, -0.05) is 30.3 Å². The maximum absolute atomic E-state index is 12.9. The summed E-state index contributed by atoms with van der Waals surface area (Å²) in [6.45, 7) is 1.27. The zero-order chi connectivity index (χ0) is 25.4. The van der Waals surface area contributed by atoms with Crippen molar-refractivity contribution in [1.29, 1.82) is 5.41 Å². The van der Waals surface area contributed by atoms with E-state index in [1.165, 1.54) is 4.90 Å². The van der Waals surface area contributed by atoms with Crippen LogP contribution in [0.15, 0.2) is 30.3 Å². The van der Waals surface area contributed by atoms with Crippen molar-refractivity contribution >= 4 is 27.8 Å². The molecule has 0 radical (unpaired) electrons. The number of nitrogens with two attached hydrogens (primary N) is 1. The first-order valence-corrected chi connectivity index (χ1v) is 13.6. The summed E-state index contributed by atoms with van der Waals surface area (Å²) < 4.78 is 27.6. The number of carbonyl (C=O) groups is 2. The lowest BCUT2D eigenvalue weighted by Gasteiger charge is -2.35. The van der Waals surface area contributed by atoms with Gasteiger partial charge in [-0.05, 0) is 43.6 Å². The molecule has 0 saturated carbocycles. The van der Waals surface area contributed by atoms with Gasteiger partial charge < -0.3 is 26.0 Å². The Morgan fingerprint density at radius 1 is 1.20 bits per heavy atom. The molecule has 1 aromatic rings. The molecule has 2 fully saturated rings. The summed E-state index contributed by atoms with van der Waals surface area (Å²) >= 11 is 0. The fraction of sp³-hybridized carbons (Fsp3) is 0.609. The van der Waals surface area contributed by atoms with Gasteiger partial charge in [-0.15, -0.1) is 0 Å². The Morgan fingerprint density at radius 2 is 1.91 bits per heavy atom. The van der Waals surface area contributed by atoms with Crippen LogP contribution in [0.4, 0.5) is 0 Å². The lowest BCUT2D eigenvalue weighted by Crippen LogP contribution is -2.55. The van der Waals surface area contributed by atoms with Gasteiger partial charge in [0.05, 0.1) is 24.9 Å². The first-order valence-electron chi connectivity index (χ1n) is 12.0. The van der Waals surface area contributed by atoms with Crippen molar-refractivity contribution in [3.63, 3.8) is 0 Å². The number of hydrogen-bond acceptors (Lipinski definition) is 6. The lowest BCUT2D eigenvalue weighted by atomic mass is 9.91. The fourth-order valence-corrected chi connectivity index (χ4v) is 6.13. The molecule has 6 N–H and O–H groups in total. The minimum Gasteiger partial charge on any atom is -0.394 e. The number of piperidine rings is 2. The van der Waals surface area contributed by atoms with Crippen LogP contribution in [0, 0.1) is 11.3 Å². The Balaban J connectivity index is 1.50. The molecule has 11 nitrogen and oxygen atoms in total. The molecule has 0 spiro atoms. The molecule has 12 heteroatoms. The van der Waals surface area contributed by atoms with Crippen molar-refractivity contribution in [3.05, 3.63) is 35.9 Å². The monoisotopic (exact) mass is 508 g/mol. The van der Waals surface area contributed by atoms with E-state index in [2.05, 4.69) is 10.0 Å². The Bertz CT molecular complexity index is 989. The van der Waals surface area contributed by atoms with Gasteiger partial charge >= 0.3 is 0 Å². The Labute approximate surface area is 206 Å². The second kappa shape index (κ2) is 12.3. The largest absolute Gasteiger partial charge is 0.394 e. The number of rotatable bonds is 10. The summed E-state index contributed by atoms with van der Waals surface area (Å²) in [4.78, 5) is 28.7. The predicted octanol–water partition coefficient (Wildman–Crippen LogP) is -0.430. The Hall–Kier alpha value is -2.70. The maximum Gasteiger partial charge on any atom is 0.241 e. The van der Waals surface area contributed by atoms with Crippen LogP contribution in [0.5, 0.6) is 0 Å². The second-order valence-corrected chi connectivity index (χ2v) is 11.1. The molecule has 0 bridgehead atoms. The van der Waals surface area contributed by atoms with Crippen molar-refractivity contribution in [2.24, 2.45) is 11.7 Å². The highest BCUT2D eigenvalue weighted by atomic mass is 32.2. The number of benzene rings is 1. The Morgan fingerprint density at radius 3 is 2.60 bits per heavy atom. The lowest BCUT2D eigenvalue weighted by molar-refractivity contribution is -0.139. The fourth-order valence-electron chi connectivity index (χ4n) is 4.76. The molecular weight excluding hydrogens is 472 g/mol. The van der Waals surface area contributed by atoms with Crippen LogP contribution in [0.2, 0.25) is 0 Å². The van der Waals surface area contributed by atoms with E-state index in [0.717, 1.165) is 19.4 Å². The standard InChI is InChI=1S/C23H36N6O5S/c24-23(25)29-11-4-8-18(13-29)12-19(15-30)26-21(31)14-28-10-5-9-20(22(28)32)27-35(33,34)16-17-6-2-1-3-7-17/h1-3,6-7,18-20,27,30H,4-5,8-16H2,(H3,24,25)(H,26,31)/t18?,19-,20-/m0/s1. The van der Waals surface area contributed by atoms with Gasteiger partial charge in [-0.2, -0.15) is 0 Å². The second-order valence-electron chi connectivity index (χ2n) is 9.34. The van der Waals surface area contributed by atoms with Gasteiger partial charge in [-0.3, -0.25) is 15.0 Å². The first kappa shape index (κ1) is 26.9. The smallest absolute Gasteiger partial charge is 0.241 e. The minimum absolute atomic E-state index is 0.0249. The van der Waals surface area contributed by atoms with Gasteiger partial charge in [0.1, 0.15) is 6.04 Å². The van der Waals surface area contributed by atoms with Crippen LogP contribution < -0.4 is 15.8 Å². The van der Waals surface area contributed by atoms with E-state index in [4.69, 9.17) is 11.1 Å². The van der Waals surface area contributed by atoms with Crippen molar-refractivity contribution < 1.29 is 23.1 Å². The number of aliphatic hydroxyl groups is 1. The van der Waals surface area contributed by atoms with E-state index in [9.17, 15) is 23.1 Å². The van der Waals surface area contributed by atoms with Crippen molar-refractivity contribution in [2.45, 2.75) is 49.9 Å². The van der Waals surface area contributed by atoms with E-state index >= 15 is 0 Å². The van der Waals surface area contributed by atoms with Gasteiger partial charge in [0.25, 0.3) is 0 Å². The number of nitrogens with zero attached hydrogens (tertiary/aromatic N) is 2. The zero-order valence-electron chi connectivity index (χ0n) is 19.9. The molecule has 3 atom stereocenters. The molecular formula is C23H36N6O5S. The predicted molar refractivity (Wildman–Crippen MR) is 132 cm³/mol. The number of hydrogen-bond donors (Lipinski definition) is 5. The van der Waals surface area contributed by atoms with E-state index in [1.54, 1.807) is 35.2 Å². The Kier molecular flexibility index (Phi) is 9.47. The first-order chi connectivity index (χ1) is 16.7. The summed E-state index contributed by atoms with van der Waals surface area (Å²) in [6, 6.07) is 7.35. The van der Waals surface area contributed by atoms with Crippen LogP contribution in [0.25, 0.3) is 0 Å². The van der Waals surface area contributed by atoms with Gasteiger partial charge in [0, 0.05) is 19.6 Å². The topological polar surface area (TPSA) is 169 Å². The van der Waals surface area contributed by atoms with E-state index < -0.39 is 33.9 Å². The molecule has 2 amide bonds. The summed E-state index contributed by atoms with van der Waals surface area (Å²) in [6.07, 6.45) is 3.30. The molecule has 194 valence electrons. The number of sulfonamides is 1. The third kappa shape index (κ3) is 8.18. The van der Waals surface area contributed by atoms with E-state index in [0.29, 0.717) is 37.9 Å². The third-order valence-corrected chi connectivity index (χ3v) is 7.81.